The number of ether oxygens (including phenoxy) is 1. The van der Waals surface area contributed by atoms with E-state index in [0.29, 0.717) is 12.2 Å². The number of piperidine rings is 1. The van der Waals surface area contributed by atoms with Gasteiger partial charge in [-0.15, -0.1) is 0 Å². The number of nitrogens with zero attached hydrogens (tertiary/aromatic N) is 2. The quantitative estimate of drug-likeness (QED) is 0.544. The maximum absolute atomic E-state index is 10.6. The van der Waals surface area contributed by atoms with Gasteiger partial charge in [0.05, 0.1) is 6.20 Å². The molecular weight excluding hydrogens is 416 g/mol. The number of rotatable bonds is 8. The normalized spacial score (nSPS) is 16.9. The Bertz CT molecular complexity index is 1020. The van der Waals surface area contributed by atoms with E-state index in [2.05, 4.69) is 9.88 Å². The average molecular weight is 441 g/mol. The van der Waals surface area contributed by atoms with Crippen LogP contribution in [0.25, 0.3) is 0 Å². The summed E-state index contributed by atoms with van der Waals surface area (Å²) in [6, 6.07) is 15.4. The molecule has 0 bridgehead atoms. The van der Waals surface area contributed by atoms with E-state index in [0.717, 1.165) is 60.3 Å². The van der Waals surface area contributed by atoms with Crippen LogP contribution < -0.4 is 4.74 Å². The molecule has 0 saturated carbocycles. The molecule has 3 aromatic rings. The van der Waals surface area contributed by atoms with Gasteiger partial charge in [-0.3, -0.25) is 4.90 Å². The number of oxazole rings is 1. The van der Waals surface area contributed by atoms with Crippen LogP contribution in [0.1, 0.15) is 41.5 Å². The van der Waals surface area contributed by atoms with E-state index < -0.39 is 5.97 Å². The minimum absolute atomic E-state index is 0.270. The van der Waals surface area contributed by atoms with Crippen molar-refractivity contribution >= 4 is 17.6 Å². The summed E-state index contributed by atoms with van der Waals surface area (Å²) in [7, 11) is 0. The zero-order valence-electron chi connectivity index (χ0n) is 17.2. The van der Waals surface area contributed by atoms with Crippen molar-refractivity contribution < 1.29 is 19.1 Å². The minimum atomic E-state index is -0.981. The second kappa shape index (κ2) is 9.98. The molecular formula is C24H25ClN2O4. The zero-order chi connectivity index (χ0) is 21.6. The summed E-state index contributed by atoms with van der Waals surface area (Å²) in [5.41, 5.74) is 2.20. The smallest absolute Gasteiger partial charge is 0.341 e. The third-order valence-corrected chi connectivity index (χ3v) is 5.81. The van der Waals surface area contributed by atoms with E-state index in [4.69, 9.17) is 25.9 Å². The third kappa shape index (κ3) is 5.87. The van der Waals surface area contributed by atoms with Crippen LogP contribution in [-0.2, 0) is 17.8 Å². The first kappa shape index (κ1) is 21.4. The molecule has 4 rings (SSSR count). The lowest BCUT2D eigenvalue weighted by Crippen LogP contribution is -2.34. The summed E-state index contributed by atoms with van der Waals surface area (Å²) in [4.78, 5) is 17.6. The Morgan fingerprint density at radius 1 is 1.23 bits per heavy atom. The highest BCUT2D eigenvalue weighted by molar-refractivity contribution is 6.31. The highest BCUT2D eigenvalue weighted by atomic mass is 35.5. The molecule has 1 saturated heterocycles. The number of hydrogen-bond donors (Lipinski definition) is 1. The molecule has 7 heteroatoms. The van der Waals surface area contributed by atoms with Crippen LogP contribution in [0.3, 0.4) is 0 Å². The molecule has 0 unspecified atom stereocenters. The molecule has 162 valence electrons. The molecule has 0 radical (unpaired) electrons. The lowest BCUT2D eigenvalue weighted by atomic mass is 9.97. The van der Waals surface area contributed by atoms with Gasteiger partial charge in [-0.1, -0.05) is 41.9 Å². The van der Waals surface area contributed by atoms with Gasteiger partial charge >= 0.3 is 5.97 Å². The molecule has 1 aliphatic rings. The number of halogens is 1. The highest BCUT2D eigenvalue weighted by Gasteiger charge is 2.25. The van der Waals surface area contributed by atoms with Gasteiger partial charge < -0.3 is 14.3 Å². The average Bonchev–Trinajstić information content (AvgIpc) is 3.24. The van der Waals surface area contributed by atoms with Gasteiger partial charge in [0.1, 0.15) is 11.5 Å². The summed E-state index contributed by atoms with van der Waals surface area (Å²) in [5, 5.41) is 9.44. The Labute approximate surface area is 186 Å². The Morgan fingerprint density at radius 2 is 2.03 bits per heavy atom. The largest absolute Gasteiger partial charge is 0.482 e. The van der Waals surface area contributed by atoms with E-state index in [1.54, 1.807) is 0 Å². The van der Waals surface area contributed by atoms with Gasteiger partial charge in [0.25, 0.3) is 0 Å². The van der Waals surface area contributed by atoms with Crippen LogP contribution in [0.15, 0.2) is 59.1 Å². The number of hydrogen-bond acceptors (Lipinski definition) is 5. The van der Waals surface area contributed by atoms with Crippen molar-refractivity contribution in [1.82, 2.24) is 9.88 Å². The summed E-state index contributed by atoms with van der Waals surface area (Å²) >= 11 is 6.26. The van der Waals surface area contributed by atoms with Gasteiger partial charge in [0, 0.05) is 30.5 Å². The van der Waals surface area contributed by atoms with E-state index in [9.17, 15) is 4.79 Å². The van der Waals surface area contributed by atoms with Crippen molar-refractivity contribution in [2.45, 2.75) is 31.7 Å². The number of likely N-dealkylation sites (tertiary alicyclic amines) is 1. The second-order valence-electron chi connectivity index (χ2n) is 7.83. The summed E-state index contributed by atoms with van der Waals surface area (Å²) in [6.45, 7) is 2.41. The predicted octanol–water partition coefficient (Wildman–Crippen LogP) is 4.76. The van der Waals surface area contributed by atoms with Crippen LogP contribution >= 0.6 is 11.6 Å². The van der Waals surface area contributed by atoms with Crippen molar-refractivity contribution in [3.05, 3.63) is 82.5 Å². The molecule has 0 amide bonds. The maximum Gasteiger partial charge on any atom is 0.341 e. The first-order valence-corrected chi connectivity index (χ1v) is 10.8. The van der Waals surface area contributed by atoms with E-state index in [-0.39, 0.29) is 12.5 Å². The molecule has 1 fully saturated rings. The van der Waals surface area contributed by atoms with Gasteiger partial charge in [0.15, 0.2) is 12.5 Å². The standard InChI is InChI=1S/C24H25ClN2O4/c25-22-6-2-1-4-18(22)12-21-13-26-24(31-21)19-5-3-11-27(15-19)14-17-7-9-20(10-8-17)30-16-23(28)29/h1-2,4,6-10,13,19H,3,5,11-12,14-16H2,(H,28,29)/t19-/m0/s1. The lowest BCUT2D eigenvalue weighted by Gasteiger charge is -2.31. The molecule has 2 aromatic carbocycles. The molecule has 31 heavy (non-hydrogen) atoms. The second-order valence-corrected chi connectivity index (χ2v) is 8.24. The van der Waals surface area contributed by atoms with Crippen molar-refractivity contribution in [2.24, 2.45) is 0 Å². The van der Waals surface area contributed by atoms with Crippen LogP contribution in [0, 0.1) is 0 Å². The first-order valence-electron chi connectivity index (χ1n) is 10.4. The number of carboxylic acids is 1. The monoisotopic (exact) mass is 440 g/mol. The van der Waals surface area contributed by atoms with E-state index >= 15 is 0 Å². The van der Waals surface area contributed by atoms with Crippen molar-refractivity contribution in [2.75, 3.05) is 19.7 Å². The summed E-state index contributed by atoms with van der Waals surface area (Å²) in [5.74, 6) is 1.48. The fourth-order valence-corrected chi connectivity index (χ4v) is 4.12. The van der Waals surface area contributed by atoms with Crippen molar-refractivity contribution in [3.63, 3.8) is 0 Å². The number of carboxylic acid groups (broad SMARTS) is 1. The van der Waals surface area contributed by atoms with Crippen LogP contribution in [-0.4, -0.2) is 40.7 Å². The third-order valence-electron chi connectivity index (χ3n) is 5.44. The Hall–Kier alpha value is -2.83. The first-order chi connectivity index (χ1) is 15.1. The van der Waals surface area contributed by atoms with Crippen LogP contribution in [0.2, 0.25) is 5.02 Å². The number of carbonyl (C=O) groups is 1. The molecule has 0 spiro atoms. The SMILES string of the molecule is O=C(O)COc1ccc(CN2CCC[C@H](c3ncc(Cc4ccccc4Cl)o3)C2)cc1. The number of aromatic nitrogens is 1. The Morgan fingerprint density at radius 3 is 2.81 bits per heavy atom. The Kier molecular flexibility index (Phi) is 6.89. The zero-order valence-corrected chi connectivity index (χ0v) is 17.9. The molecule has 1 aromatic heterocycles. The molecule has 1 atom stereocenters. The van der Waals surface area contributed by atoms with E-state index in [1.807, 2.05) is 54.7 Å². The Balaban J connectivity index is 1.34. The topological polar surface area (TPSA) is 75.8 Å². The maximum atomic E-state index is 10.6. The fraction of sp³-hybridized carbons (Fsp3) is 0.333. The molecule has 2 heterocycles. The van der Waals surface area contributed by atoms with E-state index in [1.165, 1.54) is 0 Å². The summed E-state index contributed by atoms with van der Waals surface area (Å²) in [6.07, 6.45) is 4.60. The van der Waals surface area contributed by atoms with Crippen LogP contribution in [0.5, 0.6) is 5.75 Å². The fourth-order valence-electron chi connectivity index (χ4n) is 3.92. The number of aliphatic carboxylic acids is 1. The molecule has 6 nitrogen and oxygen atoms in total. The lowest BCUT2D eigenvalue weighted by molar-refractivity contribution is -0.139. The predicted molar refractivity (Wildman–Crippen MR) is 118 cm³/mol. The molecule has 0 aliphatic carbocycles. The van der Waals surface area contributed by atoms with Crippen LogP contribution in [0.4, 0.5) is 0 Å². The van der Waals surface area contributed by atoms with Gasteiger partial charge in [-0.25, -0.2) is 9.78 Å². The summed E-state index contributed by atoms with van der Waals surface area (Å²) < 4.78 is 11.3. The van der Waals surface area contributed by atoms with Gasteiger partial charge in [0.2, 0.25) is 0 Å². The highest BCUT2D eigenvalue weighted by Crippen LogP contribution is 2.29. The minimum Gasteiger partial charge on any atom is -0.482 e. The van der Waals surface area contributed by atoms with Crippen molar-refractivity contribution in [1.29, 1.82) is 0 Å². The molecule has 1 aliphatic heterocycles. The van der Waals surface area contributed by atoms with Crippen molar-refractivity contribution in [3.8, 4) is 5.75 Å². The molecule has 1 N–H and O–H groups in total. The number of benzene rings is 2. The van der Waals surface area contributed by atoms with Gasteiger partial charge in [-0.2, -0.15) is 0 Å². The van der Waals surface area contributed by atoms with Gasteiger partial charge in [-0.05, 0) is 48.7 Å².